The first kappa shape index (κ1) is 16.3. The normalized spacial score (nSPS) is 18.0. The summed E-state index contributed by atoms with van der Waals surface area (Å²) in [5.74, 6) is 0.858. The minimum atomic E-state index is -0.171. The minimum Gasteiger partial charge on any atom is -0.496 e. The quantitative estimate of drug-likeness (QED) is 0.868. The van der Waals surface area contributed by atoms with Crippen LogP contribution in [0, 0.1) is 6.92 Å². The number of nitrogens with zero attached hydrogens (tertiary/aromatic N) is 2. The summed E-state index contributed by atoms with van der Waals surface area (Å²) in [6.07, 6.45) is -0.171. The zero-order valence-corrected chi connectivity index (χ0v) is 14.9. The standard InChI is InChI=1S/C18H23N3OS/c1-12-7-5-10-15(20-12)18(2,3)11-21-17(19)16-13(22-4)8-6-9-14(16)23-21/h5-10,17H,11,19H2,1-4H3. The van der Waals surface area contributed by atoms with Crippen molar-refractivity contribution in [2.45, 2.75) is 37.2 Å². The third-order valence-corrected chi connectivity index (χ3v) is 5.34. The number of ether oxygens (including phenoxy) is 1. The number of fused-ring (bicyclic) bond motifs is 1. The number of pyridine rings is 1. The average molecular weight is 329 g/mol. The molecule has 1 aromatic carbocycles. The zero-order chi connectivity index (χ0) is 16.6. The molecule has 0 saturated heterocycles. The van der Waals surface area contributed by atoms with E-state index in [-0.39, 0.29) is 11.6 Å². The van der Waals surface area contributed by atoms with Gasteiger partial charge in [-0.05, 0) is 43.1 Å². The van der Waals surface area contributed by atoms with Gasteiger partial charge in [-0.15, -0.1) is 0 Å². The second-order valence-electron chi connectivity index (χ2n) is 6.53. The van der Waals surface area contributed by atoms with Gasteiger partial charge in [0.05, 0.1) is 13.3 Å². The van der Waals surface area contributed by atoms with Crippen LogP contribution < -0.4 is 10.5 Å². The lowest BCUT2D eigenvalue weighted by molar-refractivity contribution is 0.296. The van der Waals surface area contributed by atoms with E-state index in [1.54, 1.807) is 19.1 Å². The van der Waals surface area contributed by atoms with Crippen LogP contribution in [0.2, 0.25) is 0 Å². The largest absolute Gasteiger partial charge is 0.496 e. The Morgan fingerprint density at radius 3 is 2.70 bits per heavy atom. The van der Waals surface area contributed by atoms with Gasteiger partial charge in [-0.1, -0.05) is 26.0 Å². The summed E-state index contributed by atoms with van der Waals surface area (Å²) in [5.41, 5.74) is 9.60. The van der Waals surface area contributed by atoms with Crippen LogP contribution in [0.15, 0.2) is 41.3 Å². The molecule has 23 heavy (non-hydrogen) atoms. The van der Waals surface area contributed by atoms with Crippen molar-refractivity contribution in [3.63, 3.8) is 0 Å². The molecule has 0 amide bonds. The van der Waals surface area contributed by atoms with Crippen LogP contribution in [0.5, 0.6) is 5.75 Å². The van der Waals surface area contributed by atoms with Crippen LogP contribution in [0.4, 0.5) is 0 Å². The van der Waals surface area contributed by atoms with E-state index in [4.69, 9.17) is 15.5 Å². The molecular weight excluding hydrogens is 306 g/mol. The molecular formula is C18H23N3OS. The van der Waals surface area contributed by atoms with Gasteiger partial charge in [0.1, 0.15) is 5.75 Å². The smallest absolute Gasteiger partial charge is 0.126 e. The molecule has 5 heteroatoms. The number of methoxy groups -OCH3 is 1. The van der Waals surface area contributed by atoms with E-state index in [1.165, 1.54) is 4.90 Å². The van der Waals surface area contributed by atoms with Gasteiger partial charge in [-0.2, -0.15) is 0 Å². The predicted molar refractivity (Wildman–Crippen MR) is 94.5 cm³/mol. The second-order valence-corrected chi connectivity index (χ2v) is 7.62. The number of nitrogens with two attached hydrogens (primary N) is 1. The highest BCUT2D eigenvalue weighted by molar-refractivity contribution is 7.97. The lowest BCUT2D eigenvalue weighted by Crippen LogP contribution is -2.37. The molecule has 4 nitrogen and oxygen atoms in total. The minimum absolute atomic E-state index is 0.0914. The van der Waals surface area contributed by atoms with Crippen molar-refractivity contribution in [2.75, 3.05) is 13.7 Å². The summed E-state index contributed by atoms with van der Waals surface area (Å²) < 4.78 is 7.69. The van der Waals surface area contributed by atoms with Gasteiger partial charge in [0.25, 0.3) is 0 Å². The summed E-state index contributed by atoms with van der Waals surface area (Å²) in [4.78, 5) is 5.86. The van der Waals surface area contributed by atoms with Gasteiger partial charge in [-0.25, -0.2) is 4.31 Å². The van der Waals surface area contributed by atoms with E-state index in [1.807, 2.05) is 25.1 Å². The molecule has 1 aliphatic heterocycles. The summed E-state index contributed by atoms with van der Waals surface area (Å²) in [5, 5.41) is 0. The van der Waals surface area contributed by atoms with Crippen LogP contribution >= 0.6 is 11.9 Å². The Labute approximate surface area is 142 Å². The molecule has 1 unspecified atom stereocenters. The fraction of sp³-hybridized carbons (Fsp3) is 0.389. The average Bonchev–Trinajstić information content (AvgIpc) is 2.83. The second kappa shape index (κ2) is 6.15. The SMILES string of the molecule is COc1cccc2c1C(N)N(CC(C)(C)c1cccc(C)n1)S2. The highest BCUT2D eigenvalue weighted by Crippen LogP contribution is 2.47. The van der Waals surface area contributed by atoms with Crippen molar-refractivity contribution in [2.24, 2.45) is 5.73 Å². The van der Waals surface area contributed by atoms with Crippen molar-refractivity contribution in [3.05, 3.63) is 53.3 Å². The van der Waals surface area contributed by atoms with Crippen molar-refractivity contribution >= 4 is 11.9 Å². The van der Waals surface area contributed by atoms with E-state index in [0.717, 1.165) is 29.2 Å². The molecule has 0 bridgehead atoms. The van der Waals surface area contributed by atoms with Crippen LogP contribution in [0.25, 0.3) is 0 Å². The van der Waals surface area contributed by atoms with Crippen LogP contribution in [0.1, 0.15) is 37.0 Å². The first-order valence-electron chi connectivity index (χ1n) is 7.73. The molecule has 1 aliphatic rings. The number of rotatable bonds is 4. The van der Waals surface area contributed by atoms with Gasteiger partial charge in [0.15, 0.2) is 0 Å². The molecule has 2 aromatic rings. The lowest BCUT2D eigenvalue weighted by atomic mass is 9.88. The summed E-state index contributed by atoms with van der Waals surface area (Å²) in [7, 11) is 1.69. The highest BCUT2D eigenvalue weighted by Gasteiger charge is 2.36. The van der Waals surface area contributed by atoms with Crippen molar-refractivity contribution in [1.82, 2.24) is 9.29 Å². The van der Waals surface area contributed by atoms with Gasteiger partial charge in [0.2, 0.25) is 0 Å². The first-order chi connectivity index (χ1) is 10.9. The topological polar surface area (TPSA) is 51.4 Å². The molecule has 1 aromatic heterocycles. The van der Waals surface area contributed by atoms with Gasteiger partial charge in [-0.3, -0.25) is 4.98 Å². The molecule has 0 saturated carbocycles. The van der Waals surface area contributed by atoms with E-state index in [9.17, 15) is 0 Å². The Morgan fingerprint density at radius 1 is 1.26 bits per heavy atom. The summed E-state index contributed by atoms with van der Waals surface area (Å²) >= 11 is 1.70. The Kier molecular flexibility index (Phi) is 4.36. The monoisotopic (exact) mass is 329 g/mol. The number of hydrogen-bond acceptors (Lipinski definition) is 5. The Morgan fingerprint density at radius 2 is 2.00 bits per heavy atom. The molecule has 1 atom stereocenters. The van der Waals surface area contributed by atoms with Gasteiger partial charge < -0.3 is 10.5 Å². The van der Waals surface area contributed by atoms with Crippen LogP contribution in [-0.4, -0.2) is 22.9 Å². The summed E-state index contributed by atoms with van der Waals surface area (Å²) in [6.45, 7) is 7.26. The molecule has 3 rings (SSSR count). The fourth-order valence-corrected chi connectivity index (χ4v) is 4.24. The maximum Gasteiger partial charge on any atom is 0.126 e. The molecule has 0 spiro atoms. The fourth-order valence-electron chi connectivity index (χ4n) is 2.92. The van der Waals surface area contributed by atoms with Crippen molar-refractivity contribution < 1.29 is 4.74 Å². The van der Waals surface area contributed by atoms with Gasteiger partial charge >= 0.3 is 0 Å². The van der Waals surface area contributed by atoms with Crippen LogP contribution in [0.3, 0.4) is 0 Å². The summed E-state index contributed by atoms with van der Waals surface area (Å²) in [6, 6.07) is 12.3. The number of aryl methyl sites for hydroxylation is 1. The number of hydrogen-bond donors (Lipinski definition) is 1. The molecule has 0 radical (unpaired) electrons. The molecule has 2 heterocycles. The molecule has 0 aliphatic carbocycles. The highest BCUT2D eigenvalue weighted by atomic mass is 32.2. The third-order valence-electron chi connectivity index (χ3n) is 4.20. The van der Waals surface area contributed by atoms with E-state index in [2.05, 4.69) is 36.4 Å². The van der Waals surface area contributed by atoms with E-state index >= 15 is 0 Å². The number of aromatic nitrogens is 1. The van der Waals surface area contributed by atoms with Crippen molar-refractivity contribution in [1.29, 1.82) is 0 Å². The Balaban J connectivity index is 1.84. The maximum absolute atomic E-state index is 6.49. The maximum atomic E-state index is 6.49. The van der Waals surface area contributed by atoms with Gasteiger partial charge in [0, 0.05) is 33.8 Å². The first-order valence-corrected chi connectivity index (χ1v) is 8.51. The number of benzene rings is 1. The lowest BCUT2D eigenvalue weighted by Gasteiger charge is -2.31. The molecule has 2 N–H and O–H groups in total. The van der Waals surface area contributed by atoms with Crippen LogP contribution in [-0.2, 0) is 5.41 Å². The van der Waals surface area contributed by atoms with E-state index < -0.39 is 0 Å². The van der Waals surface area contributed by atoms with Crippen molar-refractivity contribution in [3.8, 4) is 5.75 Å². The molecule has 0 fully saturated rings. The Bertz CT molecular complexity index is 717. The Hall–Kier alpha value is -1.56. The van der Waals surface area contributed by atoms with E-state index in [0.29, 0.717) is 0 Å². The zero-order valence-electron chi connectivity index (χ0n) is 14.0. The third kappa shape index (κ3) is 3.09. The predicted octanol–water partition coefficient (Wildman–Crippen LogP) is 3.66. The molecule has 122 valence electrons.